The van der Waals surface area contributed by atoms with Crippen LogP contribution in [0.4, 0.5) is 4.79 Å². The Morgan fingerprint density at radius 1 is 1.50 bits per heavy atom. The van der Waals surface area contributed by atoms with Crippen LogP contribution in [-0.4, -0.2) is 55.1 Å². The first-order valence-corrected chi connectivity index (χ1v) is 7.91. The molecule has 126 valence electrons. The molecular weight excluding hydrogens is 332 g/mol. The van der Waals surface area contributed by atoms with Gasteiger partial charge < -0.3 is 20.3 Å². The van der Waals surface area contributed by atoms with Crippen LogP contribution in [0.5, 0.6) is 5.75 Å². The van der Waals surface area contributed by atoms with Crippen LogP contribution in [0.15, 0.2) is 24.4 Å². The maximum absolute atomic E-state index is 12.5. The smallest absolute Gasteiger partial charge is 0.317 e. The van der Waals surface area contributed by atoms with Gasteiger partial charge in [0.2, 0.25) is 0 Å². The number of amides is 3. The molecule has 0 atom stereocenters. The summed E-state index contributed by atoms with van der Waals surface area (Å²) in [7, 11) is 1.50. The summed E-state index contributed by atoms with van der Waals surface area (Å²) in [6, 6.07) is 4.92. The number of halogens is 1. The molecule has 2 aromatic rings. The summed E-state index contributed by atoms with van der Waals surface area (Å²) < 4.78 is 5.29. The third-order valence-electron chi connectivity index (χ3n) is 3.87. The highest BCUT2D eigenvalue weighted by molar-refractivity contribution is 6.35. The lowest BCUT2D eigenvalue weighted by Gasteiger charge is -2.15. The number of urea groups is 1. The largest absolute Gasteiger partial charge is 0.496 e. The zero-order chi connectivity index (χ0) is 17.1. The topological polar surface area (TPSA) is 83.6 Å². The van der Waals surface area contributed by atoms with Crippen molar-refractivity contribution in [1.82, 2.24) is 20.5 Å². The molecule has 1 fully saturated rings. The van der Waals surface area contributed by atoms with Crippen molar-refractivity contribution in [1.29, 1.82) is 0 Å². The number of hydrogen-bond donors (Lipinski definition) is 2. The van der Waals surface area contributed by atoms with Crippen LogP contribution in [0.1, 0.15) is 10.4 Å². The fourth-order valence-electron chi connectivity index (χ4n) is 2.61. The molecule has 0 spiro atoms. The fourth-order valence-corrected chi connectivity index (χ4v) is 2.82. The number of nitrogens with one attached hydrogen (secondary N) is 2. The standard InChI is InChI=1S/C16H17ClN4O3/c1-24-14-9-13-10(12(17)2-3-18-13)8-11(14)15(22)19-4-6-21-7-5-20-16(21)23/h2-3,8-9H,4-7H2,1H3,(H,19,22)(H,20,23). The average molecular weight is 349 g/mol. The minimum Gasteiger partial charge on any atom is -0.496 e. The van der Waals surface area contributed by atoms with Gasteiger partial charge in [0, 0.05) is 43.8 Å². The second-order valence-electron chi connectivity index (χ2n) is 5.34. The number of nitrogens with zero attached hydrogens (tertiary/aromatic N) is 2. The van der Waals surface area contributed by atoms with E-state index in [1.165, 1.54) is 7.11 Å². The molecule has 1 aliphatic rings. The predicted octanol–water partition coefficient (Wildman–Crippen LogP) is 1.65. The zero-order valence-corrected chi connectivity index (χ0v) is 13.9. The van der Waals surface area contributed by atoms with Gasteiger partial charge in [-0.3, -0.25) is 9.78 Å². The number of ether oxygens (including phenoxy) is 1. The van der Waals surface area contributed by atoms with Gasteiger partial charge in [-0.15, -0.1) is 0 Å². The number of methoxy groups -OCH3 is 1. The zero-order valence-electron chi connectivity index (χ0n) is 13.1. The van der Waals surface area contributed by atoms with E-state index in [4.69, 9.17) is 16.3 Å². The van der Waals surface area contributed by atoms with Gasteiger partial charge in [0.1, 0.15) is 5.75 Å². The first kappa shape index (κ1) is 16.3. The molecule has 0 saturated carbocycles. The number of aromatic nitrogens is 1. The van der Waals surface area contributed by atoms with Gasteiger partial charge in [0.05, 0.1) is 23.2 Å². The van der Waals surface area contributed by atoms with Crippen LogP contribution in [0.2, 0.25) is 5.02 Å². The lowest BCUT2D eigenvalue weighted by Crippen LogP contribution is -2.36. The van der Waals surface area contributed by atoms with Crippen LogP contribution in [0.3, 0.4) is 0 Å². The molecule has 1 aromatic carbocycles. The van der Waals surface area contributed by atoms with E-state index >= 15 is 0 Å². The summed E-state index contributed by atoms with van der Waals surface area (Å²) in [5.74, 6) is 0.141. The van der Waals surface area contributed by atoms with E-state index in [2.05, 4.69) is 15.6 Å². The fraction of sp³-hybridized carbons (Fsp3) is 0.312. The SMILES string of the molecule is COc1cc2nccc(Cl)c2cc1C(=O)NCCN1CCNC1=O. The Bertz CT molecular complexity index is 796. The summed E-state index contributed by atoms with van der Waals surface area (Å²) in [6.45, 7) is 2.09. The van der Waals surface area contributed by atoms with Gasteiger partial charge >= 0.3 is 6.03 Å². The Hall–Kier alpha value is -2.54. The number of carbonyl (C=O) groups is 2. The number of hydrogen-bond acceptors (Lipinski definition) is 4. The third kappa shape index (κ3) is 3.21. The van der Waals surface area contributed by atoms with E-state index < -0.39 is 0 Å². The Morgan fingerprint density at radius 3 is 3.04 bits per heavy atom. The Balaban J connectivity index is 1.75. The van der Waals surface area contributed by atoms with Crippen LogP contribution in [-0.2, 0) is 0 Å². The quantitative estimate of drug-likeness (QED) is 0.860. The first-order chi connectivity index (χ1) is 11.6. The second-order valence-corrected chi connectivity index (χ2v) is 5.74. The summed E-state index contributed by atoms with van der Waals surface area (Å²) >= 11 is 6.17. The second kappa shape index (κ2) is 6.92. The molecule has 0 radical (unpaired) electrons. The monoisotopic (exact) mass is 348 g/mol. The van der Waals surface area contributed by atoms with E-state index in [-0.39, 0.29) is 11.9 Å². The molecule has 1 saturated heterocycles. The van der Waals surface area contributed by atoms with Crippen LogP contribution in [0, 0.1) is 0 Å². The molecular formula is C16H17ClN4O3. The molecule has 2 N–H and O–H groups in total. The molecule has 2 heterocycles. The molecule has 3 amide bonds. The number of carbonyl (C=O) groups excluding carboxylic acids is 2. The molecule has 1 aliphatic heterocycles. The molecule has 3 rings (SSSR count). The van der Waals surface area contributed by atoms with Crippen molar-refractivity contribution in [3.8, 4) is 5.75 Å². The van der Waals surface area contributed by atoms with Crippen LogP contribution < -0.4 is 15.4 Å². The van der Waals surface area contributed by atoms with Crippen LogP contribution >= 0.6 is 11.6 Å². The van der Waals surface area contributed by atoms with Crippen LogP contribution in [0.25, 0.3) is 10.9 Å². The summed E-state index contributed by atoms with van der Waals surface area (Å²) in [6.07, 6.45) is 1.60. The highest BCUT2D eigenvalue weighted by Crippen LogP contribution is 2.29. The molecule has 8 heteroatoms. The predicted molar refractivity (Wildman–Crippen MR) is 90.6 cm³/mol. The average Bonchev–Trinajstić information content (AvgIpc) is 2.99. The Labute approximate surface area is 143 Å². The number of benzene rings is 1. The molecule has 1 aromatic heterocycles. The summed E-state index contributed by atoms with van der Waals surface area (Å²) in [4.78, 5) is 29.8. The van der Waals surface area contributed by atoms with Gasteiger partial charge in [-0.25, -0.2) is 4.79 Å². The van der Waals surface area contributed by atoms with Crippen molar-refractivity contribution in [2.75, 3.05) is 33.3 Å². The highest BCUT2D eigenvalue weighted by Gasteiger charge is 2.20. The van der Waals surface area contributed by atoms with E-state index in [0.717, 1.165) is 0 Å². The Morgan fingerprint density at radius 2 is 2.33 bits per heavy atom. The molecule has 24 heavy (non-hydrogen) atoms. The number of rotatable bonds is 5. The molecule has 7 nitrogen and oxygen atoms in total. The van der Waals surface area contributed by atoms with E-state index in [9.17, 15) is 9.59 Å². The first-order valence-electron chi connectivity index (χ1n) is 7.53. The van der Waals surface area contributed by atoms with Gasteiger partial charge in [-0.1, -0.05) is 11.6 Å². The minimum absolute atomic E-state index is 0.106. The lowest BCUT2D eigenvalue weighted by atomic mass is 10.1. The van der Waals surface area contributed by atoms with Crippen molar-refractivity contribution in [2.45, 2.75) is 0 Å². The van der Waals surface area contributed by atoms with Crippen molar-refractivity contribution < 1.29 is 14.3 Å². The normalized spacial score (nSPS) is 13.9. The lowest BCUT2D eigenvalue weighted by molar-refractivity contribution is 0.0947. The van der Waals surface area contributed by atoms with Crippen molar-refractivity contribution in [3.05, 3.63) is 35.0 Å². The van der Waals surface area contributed by atoms with Gasteiger partial charge in [-0.05, 0) is 12.1 Å². The van der Waals surface area contributed by atoms with E-state index in [1.807, 2.05) is 0 Å². The van der Waals surface area contributed by atoms with Gasteiger partial charge in [0.15, 0.2) is 0 Å². The van der Waals surface area contributed by atoms with Crippen molar-refractivity contribution in [3.63, 3.8) is 0 Å². The molecule has 0 unspecified atom stereocenters. The summed E-state index contributed by atoms with van der Waals surface area (Å²) in [5.41, 5.74) is 1.04. The number of fused-ring (bicyclic) bond motifs is 1. The van der Waals surface area contributed by atoms with Gasteiger partial charge in [-0.2, -0.15) is 0 Å². The van der Waals surface area contributed by atoms with Gasteiger partial charge in [0.25, 0.3) is 5.91 Å². The third-order valence-corrected chi connectivity index (χ3v) is 4.20. The number of pyridine rings is 1. The summed E-state index contributed by atoms with van der Waals surface area (Å²) in [5, 5.41) is 6.72. The highest BCUT2D eigenvalue weighted by atomic mass is 35.5. The maximum atomic E-state index is 12.5. The van der Waals surface area contributed by atoms with Crippen molar-refractivity contribution in [2.24, 2.45) is 0 Å². The minimum atomic E-state index is -0.284. The maximum Gasteiger partial charge on any atom is 0.317 e. The van der Waals surface area contributed by atoms with E-state index in [0.29, 0.717) is 53.4 Å². The Kier molecular flexibility index (Phi) is 4.71. The van der Waals surface area contributed by atoms with Crippen molar-refractivity contribution >= 4 is 34.4 Å². The molecule has 0 aliphatic carbocycles. The molecule has 0 bridgehead atoms. The van der Waals surface area contributed by atoms with E-state index in [1.54, 1.807) is 29.3 Å².